The number of benzene rings is 1. The zero-order valence-corrected chi connectivity index (χ0v) is 14.0. The second-order valence-corrected chi connectivity index (χ2v) is 6.14. The Morgan fingerprint density at radius 2 is 2.00 bits per heavy atom. The van der Waals surface area contributed by atoms with Crippen molar-refractivity contribution >= 4 is 22.5 Å². The lowest BCUT2D eigenvalue weighted by Crippen LogP contribution is -2.21. The first kappa shape index (κ1) is 15.6. The minimum absolute atomic E-state index is 0.0138. The molecule has 1 aromatic carbocycles. The Morgan fingerprint density at radius 1 is 1.20 bits per heavy atom. The number of aromatic nitrogens is 5. The SMILES string of the molecule is Cn1ccc2ccn(Cc3cn(-c4ccc(F)c(Cl)c4)nn3)c(=O)c21. The van der Waals surface area contributed by atoms with Crippen LogP contribution in [0.2, 0.25) is 5.02 Å². The van der Waals surface area contributed by atoms with Crippen LogP contribution in [-0.4, -0.2) is 24.1 Å². The second-order valence-electron chi connectivity index (χ2n) is 5.73. The highest BCUT2D eigenvalue weighted by Gasteiger charge is 2.10. The van der Waals surface area contributed by atoms with Crippen LogP contribution in [0.15, 0.2) is 53.7 Å². The topological polar surface area (TPSA) is 57.6 Å². The fourth-order valence-electron chi connectivity index (χ4n) is 2.76. The average molecular weight is 358 g/mol. The highest BCUT2D eigenvalue weighted by atomic mass is 35.5. The van der Waals surface area contributed by atoms with E-state index in [1.807, 2.05) is 25.4 Å². The molecule has 6 nitrogen and oxygen atoms in total. The zero-order valence-electron chi connectivity index (χ0n) is 13.2. The summed E-state index contributed by atoms with van der Waals surface area (Å²) < 4.78 is 18.1. The van der Waals surface area contributed by atoms with Crippen molar-refractivity contribution in [3.63, 3.8) is 0 Å². The van der Waals surface area contributed by atoms with Gasteiger partial charge in [0.1, 0.15) is 17.0 Å². The Kier molecular flexibility index (Phi) is 3.65. The van der Waals surface area contributed by atoms with Crippen LogP contribution in [-0.2, 0) is 13.6 Å². The van der Waals surface area contributed by atoms with E-state index in [0.717, 1.165) is 5.39 Å². The van der Waals surface area contributed by atoms with Crippen molar-refractivity contribution in [1.29, 1.82) is 0 Å². The molecule has 0 fully saturated rings. The van der Waals surface area contributed by atoms with E-state index in [1.165, 1.54) is 16.8 Å². The fraction of sp³-hybridized carbons (Fsp3) is 0.118. The minimum atomic E-state index is -0.492. The van der Waals surface area contributed by atoms with Gasteiger partial charge in [-0.25, -0.2) is 9.07 Å². The molecule has 0 aliphatic heterocycles. The van der Waals surface area contributed by atoms with Gasteiger partial charge >= 0.3 is 0 Å². The summed E-state index contributed by atoms with van der Waals surface area (Å²) in [6.45, 7) is 0.287. The van der Waals surface area contributed by atoms with Gasteiger partial charge in [-0.2, -0.15) is 0 Å². The predicted octanol–water partition coefficient (Wildman–Crippen LogP) is 2.76. The number of hydrogen-bond donors (Lipinski definition) is 0. The van der Waals surface area contributed by atoms with Gasteiger partial charge < -0.3 is 9.13 Å². The summed E-state index contributed by atoms with van der Waals surface area (Å²) in [7, 11) is 1.84. The lowest BCUT2D eigenvalue weighted by Gasteiger charge is -2.04. The van der Waals surface area contributed by atoms with Gasteiger partial charge in [0.25, 0.3) is 5.56 Å². The lowest BCUT2D eigenvalue weighted by atomic mass is 10.3. The van der Waals surface area contributed by atoms with E-state index in [9.17, 15) is 9.18 Å². The van der Waals surface area contributed by atoms with Gasteiger partial charge in [0.15, 0.2) is 0 Å². The average Bonchev–Trinajstić information content (AvgIpc) is 3.20. The maximum atomic E-state index is 13.3. The van der Waals surface area contributed by atoms with Crippen molar-refractivity contribution in [3.8, 4) is 5.69 Å². The summed E-state index contributed by atoms with van der Waals surface area (Å²) in [4.78, 5) is 12.6. The quantitative estimate of drug-likeness (QED) is 0.566. The van der Waals surface area contributed by atoms with Gasteiger partial charge in [-0.15, -0.1) is 5.10 Å². The molecule has 4 rings (SSSR count). The van der Waals surface area contributed by atoms with Crippen LogP contribution in [0.4, 0.5) is 4.39 Å². The molecule has 0 aliphatic rings. The fourth-order valence-corrected chi connectivity index (χ4v) is 2.93. The third-order valence-corrected chi connectivity index (χ3v) is 4.33. The van der Waals surface area contributed by atoms with Crippen LogP contribution in [0.1, 0.15) is 5.69 Å². The van der Waals surface area contributed by atoms with Gasteiger partial charge in [-0.1, -0.05) is 16.8 Å². The largest absolute Gasteiger partial charge is 0.346 e. The Balaban J connectivity index is 1.67. The molecule has 0 N–H and O–H groups in total. The molecule has 0 saturated heterocycles. The van der Waals surface area contributed by atoms with E-state index in [2.05, 4.69) is 10.3 Å². The summed E-state index contributed by atoms with van der Waals surface area (Å²) >= 11 is 5.80. The molecule has 0 atom stereocenters. The summed E-state index contributed by atoms with van der Waals surface area (Å²) in [6, 6.07) is 8.09. The summed E-state index contributed by atoms with van der Waals surface area (Å²) in [5, 5.41) is 9.01. The van der Waals surface area contributed by atoms with Gasteiger partial charge in [0.05, 0.1) is 23.5 Å². The number of fused-ring (bicyclic) bond motifs is 1. The van der Waals surface area contributed by atoms with Crippen molar-refractivity contribution in [3.05, 3.63) is 75.8 Å². The Bertz CT molecular complexity index is 1140. The van der Waals surface area contributed by atoms with Crippen LogP contribution in [0.25, 0.3) is 16.6 Å². The van der Waals surface area contributed by atoms with Crippen LogP contribution in [0.5, 0.6) is 0 Å². The first-order valence-corrected chi connectivity index (χ1v) is 7.92. The van der Waals surface area contributed by atoms with E-state index >= 15 is 0 Å². The predicted molar refractivity (Wildman–Crippen MR) is 92.6 cm³/mol. The molecule has 0 bridgehead atoms. The number of pyridine rings is 1. The van der Waals surface area contributed by atoms with Crippen molar-refractivity contribution in [2.24, 2.45) is 7.05 Å². The molecule has 3 heterocycles. The van der Waals surface area contributed by atoms with Gasteiger partial charge in [-0.05, 0) is 30.3 Å². The molecular weight excluding hydrogens is 345 g/mol. The summed E-state index contributed by atoms with van der Waals surface area (Å²) in [6.07, 6.45) is 5.27. The normalized spacial score (nSPS) is 11.3. The van der Waals surface area contributed by atoms with E-state index < -0.39 is 5.82 Å². The molecule has 8 heteroatoms. The first-order chi connectivity index (χ1) is 12.0. The highest BCUT2D eigenvalue weighted by molar-refractivity contribution is 6.30. The Labute approximate surface area is 146 Å². The maximum Gasteiger partial charge on any atom is 0.275 e. The molecular formula is C17H13ClFN5O. The molecule has 0 spiro atoms. The zero-order chi connectivity index (χ0) is 17.6. The third kappa shape index (κ3) is 2.72. The molecule has 0 unspecified atom stereocenters. The van der Waals surface area contributed by atoms with E-state index in [-0.39, 0.29) is 17.1 Å². The van der Waals surface area contributed by atoms with Crippen LogP contribution in [0, 0.1) is 5.82 Å². The molecule has 0 amide bonds. The van der Waals surface area contributed by atoms with Crippen molar-refractivity contribution < 1.29 is 4.39 Å². The molecule has 3 aromatic heterocycles. The first-order valence-electron chi connectivity index (χ1n) is 7.54. The lowest BCUT2D eigenvalue weighted by molar-refractivity contribution is 0.627. The van der Waals surface area contributed by atoms with E-state index in [0.29, 0.717) is 16.9 Å². The Morgan fingerprint density at radius 3 is 2.80 bits per heavy atom. The monoisotopic (exact) mass is 357 g/mol. The molecule has 25 heavy (non-hydrogen) atoms. The van der Waals surface area contributed by atoms with Gasteiger partial charge in [0.2, 0.25) is 0 Å². The highest BCUT2D eigenvalue weighted by Crippen LogP contribution is 2.18. The summed E-state index contributed by atoms with van der Waals surface area (Å²) in [5.74, 6) is -0.492. The number of rotatable bonds is 3. The molecule has 126 valence electrons. The number of halogens is 2. The van der Waals surface area contributed by atoms with Crippen molar-refractivity contribution in [2.45, 2.75) is 6.54 Å². The molecule has 0 aliphatic carbocycles. The van der Waals surface area contributed by atoms with Gasteiger partial charge in [0, 0.05) is 24.8 Å². The third-order valence-electron chi connectivity index (χ3n) is 4.04. The maximum absolute atomic E-state index is 13.3. The molecule has 4 aromatic rings. The molecule has 0 radical (unpaired) electrons. The van der Waals surface area contributed by atoms with Crippen molar-refractivity contribution in [1.82, 2.24) is 24.1 Å². The van der Waals surface area contributed by atoms with Crippen LogP contribution >= 0.6 is 11.6 Å². The number of aryl methyl sites for hydroxylation is 1. The van der Waals surface area contributed by atoms with Crippen LogP contribution in [0.3, 0.4) is 0 Å². The van der Waals surface area contributed by atoms with Crippen LogP contribution < -0.4 is 5.56 Å². The minimum Gasteiger partial charge on any atom is -0.346 e. The number of nitrogens with zero attached hydrogens (tertiary/aromatic N) is 5. The Hall–Kier alpha value is -2.93. The molecule has 0 saturated carbocycles. The van der Waals surface area contributed by atoms with Gasteiger partial charge in [-0.3, -0.25) is 4.79 Å². The standard InChI is InChI=1S/C17H13ClFN5O/c1-22-6-4-11-5-7-23(17(25)16(11)22)9-12-10-24(21-20-12)13-2-3-15(19)14(18)8-13/h2-8,10H,9H2,1H3. The van der Waals surface area contributed by atoms with Crippen molar-refractivity contribution in [2.75, 3.05) is 0 Å². The summed E-state index contributed by atoms with van der Waals surface area (Å²) in [5.41, 5.74) is 1.75. The second kappa shape index (κ2) is 5.86. The van der Waals surface area contributed by atoms with E-state index in [4.69, 9.17) is 11.6 Å². The smallest absolute Gasteiger partial charge is 0.275 e. The number of hydrogen-bond acceptors (Lipinski definition) is 3. The van der Waals surface area contributed by atoms with E-state index in [1.54, 1.807) is 27.6 Å².